The van der Waals surface area contributed by atoms with Gasteiger partial charge in [0.1, 0.15) is 12.2 Å². The third-order valence-electron chi connectivity index (χ3n) is 8.81. The van der Waals surface area contributed by atoms with Gasteiger partial charge in [0.05, 0.1) is 25.0 Å². The van der Waals surface area contributed by atoms with Gasteiger partial charge in [0.15, 0.2) is 5.78 Å². The summed E-state index contributed by atoms with van der Waals surface area (Å²) < 4.78 is 17.5. The van der Waals surface area contributed by atoms with Gasteiger partial charge in [0, 0.05) is 16.7 Å². The molecule has 3 aliphatic carbocycles. The van der Waals surface area contributed by atoms with Crippen LogP contribution in [0.25, 0.3) is 0 Å². The first kappa shape index (κ1) is 19.0. The molecule has 0 amide bonds. The van der Waals surface area contributed by atoms with Gasteiger partial charge in [-0.05, 0) is 44.3 Å². The van der Waals surface area contributed by atoms with Crippen LogP contribution in [0.2, 0.25) is 0 Å². The second-order valence-corrected chi connectivity index (χ2v) is 10.0. The van der Waals surface area contributed by atoms with E-state index >= 15 is 0 Å². The Labute approximate surface area is 170 Å². The summed E-state index contributed by atoms with van der Waals surface area (Å²) in [7, 11) is 1.37. The lowest BCUT2D eigenvalue weighted by molar-refractivity contribution is -0.190. The molecule has 29 heavy (non-hydrogen) atoms. The molecule has 0 spiro atoms. The molecule has 2 aliphatic heterocycles. The topological polar surface area (TPSA) is 78.9 Å². The van der Waals surface area contributed by atoms with Crippen molar-refractivity contribution in [3.05, 3.63) is 23.3 Å². The first-order chi connectivity index (χ1) is 13.6. The van der Waals surface area contributed by atoms with Crippen LogP contribution in [0.3, 0.4) is 0 Å². The maximum atomic E-state index is 13.4. The van der Waals surface area contributed by atoms with Crippen LogP contribution in [0.5, 0.6) is 0 Å². The quantitative estimate of drug-likeness (QED) is 0.524. The number of methoxy groups -OCH3 is 1. The lowest BCUT2D eigenvalue weighted by Crippen LogP contribution is -2.66. The molecule has 0 aromatic heterocycles. The molecule has 0 aromatic carbocycles. The highest BCUT2D eigenvalue weighted by Crippen LogP contribution is 2.71. The second kappa shape index (κ2) is 5.60. The minimum absolute atomic E-state index is 0.0393. The van der Waals surface area contributed by atoms with E-state index in [0.29, 0.717) is 0 Å². The summed E-state index contributed by atoms with van der Waals surface area (Å²) in [6.07, 6.45) is 4.27. The standard InChI is InChI=1S/C23H28O6/c1-11-6-7-12-16(11)23(4)13(10-15(25)27-5)22(3)14(24)8-9-21(2)18(22)17(19(23)28-12)29-20(21)26/h8-9,12-13,17-19H,6-7,10H2,1-5H3/t12-,13-,17-,18+,19-,21-,22+,23-/m1/s1. The summed E-state index contributed by atoms with van der Waals surface area (Å²) >= 11 is 0. The van der Waals surface area contributed by atoms with Crippen LogP contribution >= 0.6 is 0 Å². The zero-order valence-corrected chi connectivity index (χ0v) is 17.6. The minimum Gasteiger partial charge on any atom is -0.469 e. The van der Waals surface area contributed by atoms with Gasteiger partial charge in [-0.25, -0.2) is 0 Å². The summed E-state index contributed by atoms with van der Waals surface area (Å²) in [5.74, 6) is -1.41. The van der Waals surface area contributed by atoms with Crippen LogP contribution < -0.4 is 0 Å². The van der Waals surface area contributed by atoms with Crippen molar-refractivity contribution in [2.24, 2.45) is 28.1 Å². The van der Waals surface area contributed by atoms with Crippen LogP contribution in [0.4, 0.5) is 0 Å². The third kappa shape index (κ3) is 1.99. The Morgan fingerprint density at radius 1 is 1.24 bits per heavy atom. The average Bonchev–Trinajstić information content (AvgIpc) is 3.28. The van der Waals surface area contributed by atoms with Crippen molar-refractivity contribution in [1.29, 1.82) is 0 Å². The highest BCUT2D eigenvalue weighted by Gasteiger charge is 2.77. The fraction of sp³-hybridized carbons (Fsp3) is 0.696. The largest absolute Gasteiger partial charge is 0.469 e. The number of esters is 2. The molecule has 0 bridgehead atoms. The van der Waals surface area contributed by atoms with E-state index in [9.17, 15) is 14.4 Å². The van der Waals surface area contributed by atoms with Gasteiger partial charge in [-0.1, -0.05) is 25.5 Å². The van der Waals surface area contributed by atoms with E-state index in [2.05, 4.69) is 13.8 Å². The lowest BCUT2D eigenvalue weighted by atomic mass is 9.42. The van der Waals surface area contributed by atoms with Crippen LogP contribution in [0.1, 0.15) is 47.0 Å². The molecule has 3 fully saturated rings. The lowest BCUT2D eigenvalue weighted by Gasteiger charge is -2.59. The number of ketones is 1. The smallest absolute Gasteiger partial charge is 0.316 e. The summed E-state index contributed by atoms with van der Waals surface area (Å²) in [6.45, 7) is 7.98. The van der Waals surface area contributed by atoms with Gasteiger partial charge >= 0.3 is 11.9 Å². The number of fused-ring (bicyclic) bond motifs is 4. The molecule has 5 aliphatic rings. The highest BCUT2D eigenvalue weighted by molar-refractivity contribution is 6.00. The van der Waals surface area contributed by atoms with E-state index < -0.39 is 22.3 Å². The number of carbonyl (C=O) groups excluding carboxylic acids is 3. The Bertz CT molecular complexity index is 901. The summed E-state index contributed by atoms with van der Waals surface area (Å²) in [6, 6.07) is 0. The van der Waals surface area contributed by atoms with Crippen LogP contribution in [0, 0.1) is 28.1 Å². The van der Waals surface area contributed by atoms with E-state index in [1.165, 1.54) is 24.3 Å². The Kier molecular flexibility index (Phi) is 3.67. The van der Waals surface area contributed by atoms with Crippen molar-refractivity contribution in [3.63, 3.8) is 0 Å². The molecule has 5 rings (SSSR count). The summed E-state index contributed by atoms with van der Waals surface area (Å²) in [4.78, 5) is 38.9. The average molecular weight is 400 g/mol. The number of hydrogen-bond donors (Lipinski definition) is 0. The molecule has 2 saturated heterocycles. The molecule has 0 radical (unpaired) electrons. The van der Waals surface area contributed by atoms with Crippen LogP contribution in [-0.4, -0.2) is 43.1 Å². The predicted octanol–water partition coefficient (Wildman–Crippen LogP) is 2.76. The number of allylic oxidation sites excluding steroid dienone is 2. The summed E-state index contributed by atoms with van der Waals surface area (Å²) in [5, 5.41) is 0. The molecule has 2 heterocycles. The highest BCUT2D eigenvalue weighted by atomic mass is 16.6. The molecule has 0 unspecified atom stereocenters. The van der Waals surface area contributed by atoms with Crippen LogP contribution in [0.15, 0.2) is 23.3 Å². The number of ether oxygens (including phenoxy) is 3. The van der Waals surface area contributed by atoms with E-state index in [1.54, 1.807) is 6.08 Å². The van der Waals surface area contributed by atoms with Crippen LogP contribution in [-0.2, 0) is 28.6 Å². The van der Waals surface area contributed by atoms with Gasteiger partial charge in [-0.3, -0.25) is 14.4 Å². The van der Waals surface area contributed by atoms with Gasteiger partial charge < -0.3 is 14.2 Å². The van der Waals surface area contributed by atoms with Gasteiger partial charge in [0.2, 0.25) is 0 Å². The van der Waals surface area contributed by atoms with E-state index in [-0.39, 0.29) is 48.2 Å². The molecular formula is C23H28O6. The Morgan fingerprint density at radius 2 is 1.97 bits per heavy atom. The fourth-order valence-electron chi connectivity index (χ4n) is 7.55. The van der Waals surface area contributed by atoms with Gasteiger partial charge in [-0.15, -0.1) is 0 Å². The molecule has 1 saturated carbocycles. The zero-order valence-electron chi connectivity index (χ0n) is 17.6. The molecule has 6 nitrogen and oxygen atoms in total. The van der Waals surface area contributed by atoms with E-state index in [0.717, 1.165) is 12.8 Å². The van der Waals surface area contributed by atoms with Crippen molar-refractivity contribution >= 4 is 17.7 Å². The maximum absolute atomic E-state index is 13.4. The molecule has 6 heteroatoms. The van der Waals surface area contributed by atoms with Crippen molar-refractivity contribution in [1.82, 2.24) is 0 Å². The SMILES string of the molecule is COC(=O)C[C@H]1[C@]2(C)C3=C(C)CC[C@H]3O[C@@H]2[C@@H]2OC(=O)[C@]3(C)C=CC(=O)[C@@]1(C)[C@@H]23. The Morgan fingerprint density at radius 3 is 2.66 bits per heavy atom. The number of hydrogen-bond acceptors (Lipinski definition) is 6. The first-order valence-electron chi connectivity index (χ1n) is 10.5. The van der Waals surface area contributed by atoms with Crippen molar-refractivity contribution in [2.45, 2.75) is 65.3 Å². The maximum Gasteiger partial charge on any atom is 0.316 e. The van der Waals surface area contributed by atoms with Crippen molar-refractivity contribution in [3.8, 4) is 0 Å². The molecule has 156 valence electrons. The van der Waals surface area contributed by atoms with Crippen molar-refractivity contribution in [2.75, 3.05) is 7.11 Å². The molecular weight excluding hydrogens is 372 g/mol. The number of rotatable bonds is 2. The molecule has 8 atom stereocenters. The first-order valence-corrected chi connectivity index (χ1v) is 10.5. The van der Waals surface area contributed by atoms with E-state index in [1.807, 2.05) is 13.8 Å². The van der Waals surface area contributed by atoms with Crippen molar-refractivity contribution < 1.29 is 28.6 Å². The normalized spacial score (nSPS) is 49.6. The van der Waals surface area contributed by atoms with Gasteiger partial charge in [-0.2, -0.15) is 0 Å². The number of carbonyl (C=O) groups is 3. The minimum atomic E-state index is -0.923. The molecule has 0 aromatic rings. The van der Waals surface area contributed by atoms with E-state index in [4.69, 9.17) is 14.2 Å². The Hall–Kier alpha value is -1.95. The second-order valence-electron chi connectivity index (χ2n) is 10.0. The summed E-state index contributed by atoms with van der Waals surface area (Å²) in [5.41, 5.74) is 0.0780. The zero-order chi connectivity index (χ0) is 20.9. The monoisotopic (exact) mass is 400 g/mol. The molecule has 0 N–H and O–H groups in total. The van der Waals surface area contributed by atoms with Gasteiger partial charge in [0.25, 0.3) is 0 Å². The third-order valence-corrected chi connectivity index (χ3v) is 8.81. The predicted molar refractivity (Wildman–Crippen MR) is 103 cm³/mol. The fourth-order valence-corrected chi connectivity index (χ4v) is 7.55. The Balaban J connectivity index is 1.78.